The molecule has 0 unspecified atom stereocenters. The molecule has 0 radical (unpaired) electrons. The fraction of sp³-hybridized carbons (Fsp3) is 0.417. The highest BCUT2D eigenvalue weighted by molar-refractivity contribution is 7.24. The minimum Gasteiger partial charge on any atom is -0.173 e. The van der Waals surface area contributed by atoms with E-state index in [4.69, 9.17) is 0 Å². The highest BCUT2D eigenvalue weighted by Gasteiger charge is 2.24. The van der Waals surface area contributed by atoms with Gasteiger partial charge in [-0.25, -0.2) is 0 Å². The largest absolute Gasteiger partial charge is 0.173 e. The Kier molecular flexibility index (Phi) is 5.00. The highest BCUT2D eigenvalue weighted by Crippen LogP contribution is 2.46. The number of fused-ring (bicyclic) bond motifs is 1. The van der Waals surface area contributed by atoms with Gasteiger partial charge in [0.25, 0.3) is 0 Å². The van der Waals surface area contributed by atoms with Crippen LogP contribution in [0, 0.1) is 13.8 Å². The first-order valence-corrected chi connectivity index (χ1v) is 12.3. The molecule has 0 aliphatic rings. The van der Waals surface area contributed by atoms with Crippen LogP contribution in [0.15, 0.2) is 24.3 Å². The Hall–Kier alpha value is -1.56. The lowest BCUT2D eigenvalue weighted by Gasteiger charge is -2.19. The molecule has 0 aliphatic carbocycles. The van der Waals surface area contributed by atoms with E-state index in [1.807, 2.05) is 22.7 Å². The van der Waals surface area contributed by atoms with Gasteiger partial charge in [-0.1, -0.05) is 53.7 Å². The molecule has 3 heterocycles. The molecule has 0 aliphatic heterocycles. The van der Waals surface area contributed by atoms with Crippen molar-refractivity contribution >= 4 is 45.4 Å². The Balaban J connectivity index is 1.85. The van der Waals surface area contributed by atoms with Gasteiger partial charge in [0.05, 0.1) is 11.7 Å². The number of rotatable bonds is 2. The van der Waals surface area contributed by atoms with Gasteiger partial charge in [-0.3, -0.25) is 0 Å². The van der Waals surface area contributed by atoms with Gasteiger partial charge in [0.2, 0.25) is 0 Å². The van der Waals surface area contributed by atoms with E-state index in [0.29, 0.717) is 0 Å². The maximum Gasteiger partial charge on any atom is 0.113 e. The van der Waals surface area contributed by atoms with Crippen LogP contribution < -0.4 is 0 Å². The van der Waals surface area contributed by atoms with Gasteiger partial charge in [0.1, 0.15) is 11.0 Å². The third-order valence-electron chi connectivity index (χ3n) is 5.27. The Morgan fingerprint density at radius 1 is 0.724 bits per heavy atom. The second-order valence-electron chi connectivity index (χ2n) is 9.87. The Morgan fingerprint density at radius 2 is 1.34 bits per heavy atom. The summed E-state index contributed by atoms with van der Waals surface area (Å²) in [6, 6.07) is 9.16. The normalized spacial score (nSPS) is 12.8. The topological polar surface area (TPSA) is 25.8 Å². The first-order chi connectivity index (χ1) is 13.5. The number of hydrogen-bond acceptors (Lipinski definition) is 5. The minimum absolute atomic E-state index is 0.0560. The predicted molar refractivity (Wildman–Crippen MR) is 131 cm³/mol. The summed E-state index contributed by atoms with van der Waals surface area (Å²) in [5.41, 5.74) is 7.51. The molecule has 0 N–H and O–H groups in total. The summed E-state index contributed by atoms with van der Waals surface area (Å²) in [5.74, 6) is 0. The van der Waals surface area contributed by atoms with Crippen molar-refractivity contribution < 1.29 is 0 Å². The van der Waals surface area contributed by atoms with E-state index in [1.165, 1.54) is 53.5 Å². The van der Waals surface area contributed by atoms with Gasteiger partial charge < -0.3 is 0 Å². The highest BCUT2D eigenvalue weighted by atomic mass is 32.1. The number of nitrogens with zero attached hydrogens (tertiary/aromatic N) is 2. The second-order valence-corrected chi connectivity index (χ2v) is 12.5. The van der Waals surface area contributed by atoms with Crippen LogP contribution in [0.3, 0.4) is 0 Å². The Labute approximate surface area is 186 Å². The van der Waals surface area contributed by atoms with E-state index in [-0.39, 0.29) is 10.8 Å². The van der Waals surface area contributed by atoms with Crippen LogP contribution in [0.5, 0.6) is 0 Å². The average molecular weight is 441 g/mol. The van der Waals surface area contributed by atoms with E-state index in [1.54, 1.807) is 0 Å². The molecule has 0 saturated carbocycles. The van der Waals surface area contributed by atoms with Crippen LogP contribution in [-0.4, -0.2) is 8.75 Å². The third kappa shape index (κ3) is 3.69. The molecular formula is C24H28N2S3. The molecular weight excluding hydrogens is 412 g/mol. The first-order valence-electron chi connectivity index (χ1n) is 9.94. The van der Waals surface area contributed by atoms with E-state index >= 15 is 0 Å². The van der Waals surface area contributed by atoms with Crippen molar-refractivity contribution in [2.45, 2.75) is 66.2 Å². The summed E-state index contributed by atoms with van der Waals surface area (Å²) >= 11 is 5.14. The molecule has 0 spiro atoms. The number of benzene rings is 1. The maximum atomic E-state index is 4.67. The molecule has 0 fully saturated rings. The molecule has 2 nitrogen and oxygen atoms in total. The summed E-state index contributed by atoms with van der Waals surface area (Å²) in [5, 5.41) is 0. The number of hydrogen-bond donors (Lipinski definition) is 0. The molecule has 0 saturated heterocycles. The fourth-order valence-corrected chi connectivity index (χ4v) is 6.85. The van der Waals surface area contributed by atoms with E-state index in [0.717, 1.165) is 11.0 Å². The maximum absolute atomic E-state index is 4.67. The van der Waals surface area contributed by atoms with Crippen LogP contribution in [0.2, 0.25) is 0 Å². The Bertz CT molecular complexity index is 1190. The van der Waals surface area contributed by atoms with E-state index in [2.05, 4.69) is 88.4 Å². The van der Waals surface area contributed by atoms with Crippen molar-refractivity contribution in [3.8, 4) is 20.2 Å². The number of aryl methyl sites for hydroxylation is 2. The lowest BCUT2D eigenvalue weighted by Crippen LogP contribution is -2.11. The molecule has 0 amide bonds. The van der Waals surface area contributed by atoms with Gasteiger partial charge >= 0.3 is 0 Å². The second kappa shape index (κ2) is 7.00. The Morgan fingerprint density at radius 3 is 1.97 bits per heavy atom. The minimum atomic E-state index is 0.0560. The van der Waals surface area contributed by atoms with E-state index in [9.17, 15) is 0 Å². The molecule has 0 atom stereocenters. The molecule has 3 aromatic heterocycles. The van der Waals surface area contributed by atoms with Crippen molar-refractivity contribution in [3.63, 3.8) is 0 Å². The van der Waals surface area contributed by atoms with Crippen molar-refractivity contribution in [3.05, 3.63) is 45.8 Å². The van der Waals surface area contributed by atoms with E-state index < -0.39 is 0 Å². The van der Waals surface area contributed by atoms with Crippen LogP contribution in [0.25, 0.3) is 31.2 Å². The zero-order chi connectivity index (χ0) is 21.1. The SMILES string of the molecule is Cc1cc(-c2ccc(C(C)(C)C)c3nsnc23)sc1-c1sc(C(C)(C)C)cc1C. The van der Waals surface area contributed by atoms with Crippen LogP contribution >= 0.6 is 34.4 Å². The molecule has 1 aromatic carbocycles. The predicted octanol–water partition coefficient (Wildman–Crippen LogP) is 8.36. The molecule has 152 valence electrons. The van der Waals surface area contributed by atoms with Crippen LogP contribution in [0.4, 0.5) is 0 Å². The summed E-state index contributed by atoms with van der Waals surface area (Å²) in [4.78, 5) is 5.51. The lowest BCUT2D eigenvalue weighted by atomic mass is 9.85. The number of thiophene rings is 2. The fourth-order valence-electron chi connectivity index (χ4n) is 3.59. The quantitative estimate of drug-likeness (QED) is 0.313. The summed E-state index contributed by atoms with van der Waals surface area (Å²) < 4.78 is 9.32. The van der Waals surface area contributed by atoms with Gasteiger partial charge in [0.15, 0.2) is 0 Å². The van der Waals surface area contributed by atoms with Crippen LogP contribution in [0.1, 0.15) is 63.1 Å². The summed E-state index contributed by atoms with van der Waals surface area (Å²) in [6.07, 6.45) is 0. The van der Waals surface area contributed by atoms with Gasteiger partial charge in [0, 0.05) is 25.1 Å². The van der Waals surface area contributed by atoms with Crippen LogP contribution in [-0.2, 0) is 10.8 Å². The zero-order valence-electron chi connectivity index (χ0n) is 18.4. The van der Waals surface area contributed by atoms with Crippen molar-refractivity contribution in [2.24, 2.45) is 0 Å². The van der Waals surface area contributed by atoms with Crippen molar-refractivity contribution in [1.82, 2.24) is 8.75 Å². The molecule has 29 heavy (non-hydrogen) atoms. The summed E-state index contributed by atoms with van der Waals surface area (Å²) in [7, 11) is 0. The van der Waals surface area contributed by atoms with Gasteiger partial charge in [-0.2, -0.15) is 8.75 Å². The average Bonchev–Trinajstić information content (AvgIpc) is 3.30. The third-order valence-corrected chi connectivity index (χ3v) is 8.90. The number of aromatic nitrogens is 2. The standard InChI is InChI=1S/C24H28N2S3/c1-13-11-17(27-21(13)22-14(2)12-18(28-22)24(6,7)8)15-9-10-16(23(3,4)5)20-19(15)25-29-26-20/h9-12H,1-8H3. The zero-order valence-corrected chi connectivity index (χ0v) is 20.9. The van der Waals surface area contributed by atoms with Gasteiger partial charge in [-0.15, -0.1) is 22.7 Å². The summed E-state index contributed by atoms with van der Waals surface area (Å²) in [6.45, 7) is 18.0. The lowest BCUT2D eigenvalue weighted by molar-refractivity contribution is 0.595. The molecule has 5 heteroatoms. The monoisotopic (exact) mass is 440 g/mol. The van der Waals surface area contributed by atoms with Crippen molar-refractivity contribution in [1.29, 1.82) is 0 Å². The molecule has 4 rings (SSSR count). The smallest absolute Gasteiger partial charge is 0.113 e. The van der Waals surface area contributed by atoms with Gasteiger partial charge in [-0.05, 0) is 53.5 Å². The van der Waals surface area contributed by atoms with Crippen molar-refractivity contribution in [2.75, 3.05) is 0 Å². The first kappa shape index (κ1) is 20.7. The molecule has 0 bridgehead atoms. The molecule has 4 aromatic rings.